The number of esters is 1. The van der Waals surface area contributed by atoms with Crippen molar-refractivity contribution in [1.29, 1.82) is 0 Å². The standard InChI is InChI=1S/C12H21NO4/c1-8(2)12(16)17-9(3)7-10(11(14)15)13(4,5)6/h9-10H,1,7H2,2-6H3/p+1. The van der Waals surface area contributed by atoms with E-state index in [-0.39, 0.29) is 10.9 Å². The topological polar surface area (TPSA) is 63.6 Å². The third kappa shape index (κ3) is 5.49. The number of carboxylic acid groups (broad SMARTS) is 1. The number of carboxylic acids is 1. The average Bonchev–Trinajstić information content (AvgIpc) is 2.11. The van der Waals surface area contributed by atoms with Crippen LogP contribution in [0.4, 0.5) is 0 Å². The molecule has 0 rings (SSSR count). The molecule has 1 N–H and O–H groups in total. The van der Waals surface area contributed by atoms with Crippen LogP contribution < -0.4 is 0 Å². The summed E-state index contributed by atoms with van der Waals surface area (Å²) in [5.74, 6) is -1.38. The van der Waals surface area contributed by atoms with Gasteiger partial charge in [0.15, 0.2) is 6.04 Å². The molecule has 0 aromatic rings. The van der Waals surface area contributed by atoms with Gasteiger partial charge in [0.05, 0.1) is 21.1 Å². The van der Waals surface area contributed by atoms with Gasteiger partial charge in [0.25, 0.3) is 0 Å². The Labute approximate surface area is 102 Å². The van der Waals surface area contributed by atoms with Gasteiger partial charge in [-0.05, 0) is 13.8 Å². The SMILES string of the molecule is C=C(C)C(=O)OC(C)CC(C(=O)O)[N+](C)(C)C. The molecule has 17 heavy (non-hydrogen) atoms. The molecule has 0 aliphatic heterocycles. The van der Waals surface area contributed by atoms with E-state index in [1.165, 1.54) is 0 Å². The predicted octanol–water partition coefficient (Wildman–Crippen LogP) is 1.04. The first-order valence-electron chi connectivity index (χ1n) is 5.46. The maximum atomic E-state index is 11.3. The summed E-state index contributed by atoms with van der Waals surface area (Å²) in [6.07, 6.45) is -0.171. The lowest BCUT2D eigenvalue weighted by molar-refractivity contribution is -0.888. The number of hydrogen-bond acceptors (Lipinski definition) is 3. The second-order valence-electron chi connectivity index (χ2n) is 5.20. The Morgan fingerprint density at radius 3 is 2.12 bits per heavy atom. The van der Waals surface area contributed by atoms with Gasteiger partial charge in [0.1, 0.15) is 6.10 Å². The summed E-state index contributed by atoms with van der Waals surface area (Å²) in [6.45, 7) is 6.72. The second-order valence-corrected chi connectivity index (χ2v) is 5.20. The lowest BCUT2D eigenvalue weighted by Crippen LogP contribution is -2.51. The van der Waals surface area contributed by atoms with Gasteiger partial charge < -0.3 is 14.3 Å². The lowest BCUT2D eigenvalue weighted by Gasteiger charge is -2.32. The van der Waals surface area contributed by atoms with Crippen molar-refractivity contribution < 1.29 is 23.9 Å². The van der Waals surface area contributed by atoms with E-state index >= 15 is 0 Å². The van der Waals surface area contributed by atoms with Crippen molar-refractivity contribution in [3.63, 3.8) is 0 Å². The fourth-order valence-corrected chi connectivity index (χ4v) is 1.39. The summed E-state index contributed by atoms with van der Waals surface area (Å²) >= 11 is 0. The van der Waals surface area contributed by atoms with Gasteiger partial charge in [-0.2, -0.15) is 0 Å². The van der Waals surface area contributed by atoms with E-state index in [2.05, 4.69) is 6.58 Å². The number of rotatable bonds is 6. The van der Waals surface area contributed by atoms with Gasteiger partial charge in [-0.1, -0.05) is 6.58 Å². The minimum absolute atomic E-state index is 0.276. The highest BCUT2D eigenvalue weighted by molar-refractivity contribution is 5.87. The fraction of sp³-hybridized carbons (Fsp3) is 0.667. The summed E-state index contributed by atoms with van der Waals surface area (Å²) in [5.41, 5.74) is 0.314. The molecule has 0 saturated carbocycles. The smallest absolute Gasteiger partial charge is 0.362 e. The number of nitrogens with zero attached hydrogens (tertiary/aromatic N) is 1. The van der Waals surface area contributed by atoms with Crippen molar-refractivity contribution in [3.05, 3.63) is 12.2 Å². The van der Waals surface area contributed by atoms with Crippen molar-refractivity contribution in [2.75, 3.05) is 21.1 Å². The maximum absolute atomic E-state index is 11.3. The number of ether oxygens (including phenoxy) is 1. The monoisotopic (exact) mass is 244 g/mol. The average molecular weight is 244 g/mol. The minimum atomic E-state index is -0.893. The molecule has 98 valence electrons. The number of quaternary nitrogens is 1. The van der Waals surface area contributed by atoms with Crippen LogP contribution in [0.5, 0.6) is 0 Å². The Bertz CT molecular complexity index is 317. The van der Waals surface area contributed by atoms with E-state index in [1.54, 1.807) is 35.0 Å². The number of aliphatic carboxylic acids is 1. The zero-order valence-corrected chi connectivity index (χ0v) is 11.2. The van der Waals surface area contributed by atoms with Gasteiger partial charge in [-0.3, -0.25) is 0 Å². The third-order valence-electron chi connectivity index (χ3n) is 2.43. The zero-order valence-electron chi connectivity index (χ0n) is 11.2. The van der Waals surface area contributed by atoms with E-state index in [1.807, 2.05) is 0 Å². The maximum Gasteiger partial charge on any atom is 0.362 e. The van der Waals surface area contributed by atoms with Crippen molar-refractivity contribution >= 4 is 11.9 Å². The van der Waals surface area contributed by atoms with Crippen molar-refractivity contribution in [3.8, 4) is 0 Å². The van der Waals surface area contributed by atoms with E-state index < -0.39 is 24.1 Å². The van der Waals surface area contributed by atoms with E-state index in [9.17, 15) is 9.59 Å². The highest BCUT2D eigenvalue weighted by atomic mass is 16.5. The molecule has 2 atom stereocenters. The zero-order chi connectivity index (χ0) is 13.8. The Kier molecular flexibility index (Phi) is 5.35. The van der Waals surface area contributed by atoms with Crippen LogP contribution in [0.3, 0.4) is 0 Å². The van der Waals surface area contributed by atoms with Crippen LogP contribution in [0.2, 0.25) is 0 Å². The molecule has 0 aromatic heterocycles. The molecule has 0 bridgehead atoms. The molecular formula is C12H22NO4+. The molecule has 0 aliphatic carbocycles. The quantitative estimate of drug-likeness (QED) is 0.431. The summed E-state index contributed by atoms with van der Waals surface area (Å²) in [6, 6.07) is -0.608. The Morgan fingerprint density at radius 1 is 1.35 bits per heavy atom. The molecule has 0 heterocycles. The fourth-order valence-electron chi connectivity index (χ4n) is 1.39. The first-order chi connectivity index (χ1) is 7.55. The molecule has 2 unspecified atom stereocenters. The normalized spacial score (nSPS) is 14.9. The molecule has 0 fully saturated rings. The molecule has 0 amide bonds. The van der Waals surface area contributed by atoms with Crippen molar-refractivity contribution in [1.82, 2.24) is 0 Å². The van der Waals surface area contributed by atoms with Gasteiger partial charge >= 0.3 is 11.9 Å². The van der Waals surface area contributed by atoms with Gasteiger partial charge in [-0.15, -0.1) is 0 Å². The molecule has 0 spiro atoms. The van der Waals surface area contributed by atoms with E-state index in [0.717, 1.165) is 0 Å². The Hall–Kier alpha value is -1.36. The second kappa shape index (κ2) is 5.82. The largest absolute Gasteiger partial charge is 0.477 e. The van der Waals surface area contributed by atoms with Crippen molar-refractivity contribution in [2.24, 2.45) is 0 Å². The molecule has 0 aromatic carbocycles. The van der Waals surface area contributed by atoms with Crippen LogP contribution in [-0.2, 0) is 14.3 Å². The molecule has 0 saturated heterocycles. The molecule has 0 radical (unpaired) electrons. The first-order valence-corrected chi connectivity index (χ1v) is 5.46. The van der Waals surface area contributed by atoms with Gasteiger partial charge in [0.2, 0.25) is 0 Å². The molecule has 0 aliphatic rings. The van der Waals surface area contributed by atoms with Crippen LogP contribution in [0.15, 0.2) is 12.2 Å². The third-order valence-corrected chi connectivity index (χ3v) is 2.43. The molecular weight excluding hydrogens is 222 g/mol. The summed E-state index contributed by atoms with van der Waals surface area (Å²) < 4.78 is 5.36. The van der Waals surface area contributed by atoms with E-state index in [4.69, 9.17) is 9.84 Å². The minimum Gasteiger partial charge on any atom is -0.477 e. The molecule has 5 heteroatoms. The summed E-state index contributed by atoms with van der Waals surface area (Å²) in [4.78, 5) is 22.4. The van der Waals surface area contributed by atoms with Crippen LogP contribution in [0.1, 0.15) is 20.3 Å². The number of likely N-dealkylation sites (N-methyl/N-ethyl adjacent to an activating group) is 1. The Morgan fingerprint density at radius 2 is 1.82 bits per heavy atom. The predicted molar refractivity (Wildman–Crippen MR) is 64.4 cm³/mol. The summed E-state index contributed by atoms with van der Waals surface area (Å²) in [7, 11) is 5.39. The van der Waals surface area contributed by atoms with Crippen LogP contribution in [0.25, 0.3) is 0 Å². The van der Waals surface area contributed by atoms with Gasteiger partial charge in [-0.25, -0.2) is 9.59 Å². The highest BCUT2D eigenvalue weighted by Gasteiger charge is 2.33. The first kappa shape index (κ1) is 15.6. The van der Waals surface area contributed by atoms with Gasteiger partial charge in [0, 0.05) is 12.0 Å². The number of carbonyl (C=O) groups excluding carboxylic acids is 1. The number of carbonyl (C=O) groups is 2. The van der Waals surface area contributed by atoms with E-state index in [0.29, 0.717) is 5.57 Å². The van der Waals surface area contributed by atoms with Crippen LogP contribution in [0, 0.1) is 0 Å². The van der Waals surface area contributed by atoms with Crippen LogP contribution >= 0.6 is 0 Å². The Balaban J connectivity index is 4.53. The number of hydrogen-bond donors (Lipinski definition) is 1. The van der Waals surface area contributed by atoms with Crippen molar-refractivity contribution in [2.45, 2.75) is 32.4 Å². The molecule has 5 nitrogen and oxygen atoms in total. The highest BCUT2D eigenvalue weighted by Crippen LogP contribution is 2.13. The summed E-state index contributed by atoms with van der Waals surface area (Å²) in [5, 5.41) is 9.13. The van der Waals surface area contributed by atoms with Crippen LogP contribution in [-0.4, -0.2) is 54.8 Å². The lowest BCUT2D eigenvalue weighted by atomic mass is 10.1.